The van der Waals surface area contributed by atoms with Gasteiger partial charge in [0.2, 0.25) is 11.8 Å². The van der Waals surface area contributed by atoms with Crippen molar-refractivity contribution >= 4 is 11.8 Å². The van der Waals surface area contributed by atoms with Gasteiger partial charge in [-0.25, -0.2) is 0 Å². The lowest BCUT2D eigenvalue weighted by molar-refractivity contribution is -0.143. The lowest BCUT2D eigenvalue weighted by atomic mass is 9.98. The van der Waals surface area contributed by atoms with E-state index in [0.29, 0.717) is 13.0 Å². The van der Waals surface area contributed by atoms with Crippen molar-refractivity contribution in [3.8, 4) is 0 Å². The summed E-state index contributed by atoms with van der Waals surface area (Å²) >= 11 is 0. The molecular formula is C12H21N3O2. The van der Waals surface area contributed by atoms with Gasteiger partial charge < -0.3 is 16.0 Å². The quantitative estimate of drug-likeness (QED) is 0.712. The van der Waals surface area contributed by atoms with Gasteiger partial charge in [0.15, 0.2) is 0 Å². The largest absolute Gasteiger partial charge is 0.368 e. The molecule has 2 rings (SSSR count). The van der Waals surface area contributed by atoms with Gasteiger partial charge in [0, 0.05) is 6.54 Å². The van der Waals surface area contributed by atoms with Crippen molar-refractivity contribution in [2.75, 3.05) is 13.1 Å². The summed E-state index contributed by atoms with van der Waals surface area (Å²) < 4.78 is 0. The van der Waals surface area contributed by atoms with Crippen LogP contribution in [0.15, 0.2) is 0 Å². The minimum Gasteiger partial charge on any atom is -0.368 e. The lowest BCUT2D eigenvalue weighted by Gasteiger charge is -2.37. The van der Waals surface area contributed by atoms with E-state index in [1.807, 2.05) is 0 Å². The molecule has 2 aliphatic heterocycles. The number of hydrogen-bond donors (Lipinski definition) is 2. The summed E-state index contributed by atoms with van der Waals surface area (Å²) in [5.74, 6) is -0.304. The molecule has 2 fully saturated rings. The van der Waals surface area contributed by atoms with Crippen LogP contribution in [0.5, 0.6) is 0 Å². The van der Waals surface area contributed by atoms with Crippen molar-refractivity contribution in [1.29, 1.82) is 0 Å². The summed E-state index contributed by atoms with van der Waals surface area (Å²) in [4.78, 5) is 25.4. The Balaban J connectivity index is 2.02. The zero-order chi connectivity index (χ0) is 12.3. The van der Waals surface area contributed by atoms with Crippen molar-refractivity contribution in [3.05, 3.63) is 0 Å². The Labute approximate surface area is 102 Å². The van der Waals surface area contributed by atoms with E-state index in [1.165, 1.54) is 0 Å². The first-order valence-corrected chi connectivity index (χ1v) is 6.53. The second-order valence-electron chi connectivity index (χ2n) is 4.95. The second kappa shape index (κ2) is 5.49. The van der Waals surface area contributed by atoms with Gasteiger partial charge in [0.05, 0.1) is 6.04 Å². The highest BCUT2D eigenvalue weighted by Crippen LogP contribution is 2.19. The van der Waals surface area contributed by atoms with Crippen molar-refractivity contribution in [2.24, 2.45) is 5.73 Å². The molecule has 0 radical (unpaired) electrons. The monoisotopic (exact) mass is 239 g/mol. The van der Waals surface area contributed by atoms with E-state index in [0.717, 1.165) is 38.6 Å². The van der Waals surface area contributed by atoms with Crippen LogP contribution < -0.4 is 11.1 Å². The molecule has 0 aromatic carbocycles. The number of piperidine rings is 2. The van der Waals surface area contributed by atoms with Gasteiger partial charge in [-0.05, 0) is 38.6 Å². The van der Waals surface area contributed by atoms with E-state index in [-0.39, 0.29) is 23.9 Å². The number of hydrogen-bond acceptors (Lipinski definition) is 3. The van der Waals surface area contributed by atoms with E-state index < -0.39 is 0 Å². The molecule has 2 heterocycles. The molecule has 0 aromatic rings. The van der Waals surface area contributed by atoms with Gasteiger partial charge in [-0.3, -0.25) is 9.59 Å². The maximum Gasteiger partial charge on any atom is 0.240 e. The normalized spacial score (nSPS) is 30.0. The number of nitrogens with one attached hydrogen (secondary N) is 1. The summed E-state index contributed by atoms with van der Waals surface area (Å²) in [6, 6.07) is -0.497. The molecule has 2 amide bonds. The van der Waals surface area contributed by atoms with E-state index in [9.17, 15) is 9.59 Å². The maximum absolute atomic E-state index is 12.3. The Bertz CT molecular complexity index is 300. The molecule has 0 aromatic heterocycles. The second-order valence-corrected chi connectivity index (χ2v) is 4.95. The summed E-state index contributed by atoms with van der Waals surface area (Å²) in [5, 5.41) is 3.23. The first-order valence-electron chi connectivity index (χ1n) is 6.53. The Morgan fingerprint density at radius 1 is 1.12 bits per heavy atom. The third-order valence-electron chi connectivity index (χ3n) is 3.72. The molecule has 3 N–H and O–H groups in total. The standard InChI is InChI=1S/C12H21N3O2/c13-11(16)10-6-2-4-8-15(10)12(17)9-5-1-3-7-14-9/h9-10,14H,1-8H2,(H2,13,16)/t9-,10?/m0/s1. The van der Waals surface area contributed by atoms with Crippen LogP contribution in [0.1, 0.15) is 38.5 Å². The van der Waals surface area contributed by atoms with Crippen LogP contribution in [0.4, 0.5) is 0 Å². The summed E-state index contributed by atoms with van der Waals surface area (Å²) in [6.45, 7) is 1.57. The predicted molar refractivity (Wildman–Crippen MR) is 64.2 cm³/mol. The van der Waals surface area contributed by atoms with Crippen LogP contribution in [-0.2, 0) is 9.59 Å². The average molecular weight is 239 g/mol. The van der Waals surface area contributed by atoms with Crippen molar-refractivity contribution in [2.45, 2.75) is 50.6 Å². The maximum atomic E-state index is 12.3. The van der Waals surface area contributed by atoms with Crippen molar-refractivity contribution in [1.82, 2.24) is 10.2 Å². The fourth-order valence-corrected chi connectivity index (χ4v) is 2.75. The van der Waals surface area contributed by atoms with Gasteiger partial charge in [0.1, 0.15) is 6.04 Å². The number of carbonyl (C=O) groups excluding carboxylic acids is 2. The molecule has 5 nitrogen and oxygen atoms in total. The fraction of sp³-hybridized carbons (Fsp3) is 0.833. The minimum absolute atomic E-state index is 0.0631. The zero-order valence-electron chi connectivity index (χ0n) is 10.2. The smallest absolute Gasteiger partial charge is 0.240 e. The highest BCUT2D eigenvalue weighted by Gasteiger charge is 2.34. The number of amides is 2. The molecule has 5 heteroatoms. The Kier molecular flexibility index (Phi) is 3.99. The van der Waals surface area contributed by atoms with E-state index >= 15 is 0 Å². The number of nitrogens with two attached hydrogens (primary N) is 1. The Hall–Kier alpha value is -1.10. The molecule has 1 unspecified atom stereocenters. The first kappa shape index (κ1) is 12.4. The number of likely N-dealkylation sites (tertiary alicyclic amines) is 1. The predicted octanol–water partition coefficient (Wildman–Crippen LogP) is -0.00510. The molecular weight excluding hydrogens is 218 g/mol. The molecule has 0 spiro atoms. The summed E-state index contributed by atoms with van der Waals surface area (Å²) in [5.41, 5.74) is 5.37. The molecule has 2 atom stereocenters. The lowest BCUT2D eigenvalue weighted by Crippen LogP contribution is -2.56. The average Bonchev–Trinajstić information content (AvgIpc) is 2.39. The van der Waals surface area contributed by atoms with Gasteiger partial charge >= 0.3 is 0 Å². The summed E-state index contributed by atoms with van der Waals surface area (Å²) in [6.07, 6.45) is 5.76. The number of carbonyl (C=O) groups is 2. The van der Waals surface area contributed by atoms with Crippen LogP contribution >= 0.6 is 0 Å². The van der Waals surface area contributed by atoms with Gasteiger partial charge in [-0.1, -0.05) is 6.42 Å². The van der Waals surface area contributed by atoms with Gasteiger partial charge in [-0.2, -0.15) is 0 Å². The van der Waals surface area contributed by atoms with Crippen molar-refractivity contribution in [3.63, 3.8) is 0 Å². The third-order valence-corrected chi connectivity index (χ3v) is 3.72. The van der Waals surface area contributed by atoms with Crippen LogP contribution in [0.3, 0.4) is 0 Å². The van der Waals surface area contributed by atoms with Crippen LogP contribution in [0.2, 0.25) is 0 Å². The number of nitrogens with zero attached hydrogens (tertiary/aromatic N) is 1. The highest BCUT2D eigenvalue weighted by molar-refractivity contribution is 5.89. The molecule has 96 valence electrons. The molecule has 0 saturated carbocycles. The Morgan fingerprint density at radius 2 is 1.88 bits per heavy atom. The number of rotatable bonds is 2. The molecule has 2 saturated heterocycles. The molecule has 0 aliphatic carbocycles. The third kappa shape index (κ3) is 2.77. The van der Waals surface area contributed by atoms with Gasteiger partial charge in [-0.15, -0.1) is 0 Å². The topological polar surface area (TPSA) is 75.4 Å². The van der Waals surface area contributed by atoms with E-state index in [2.05, 4.69) is 5.32 Å². The summed E-state index contributed by atoms with van der Waals surface area (Å²) in [7, 11) is 0. The van der Waals surface area contributed by atoms with Crippen molar-refractivity contribution < 1.29 is 9.59 Å². The SMILES string of the molecule is NC(=O)C1CCCCN1C(=O)[C@@H]1CCCCN1. The zero-order valence-corrected chi connectivity index (χ0v) is 10.2. The molecule has 17 heavy (non-hydrogen) atoms. The van der Waals surface area contributed by atoms with Crippen LogP contribution in [0, 0.1) is 0 Å². The van der Waals surface area contributed by atoms with E-state index in [4.69, 9.17) is 5.73 Å². The Morgan fingerprint density at radius 3 is 2.53 bits per heavy atom. The van der Waals surface area contributed by atoms with Crippen LogP contribution in [-0.4, -0.2) is 41.9 Å². The van der Waals surface area contributed by atoms with Gasteiger partial charge in [0.25, 0.3) is 0 Å². The van der Waals surface area contributed by atoms with Crippen LogP contribution in [0.25, 0.3) is 0 Å². The first-order chi connectivity index (χ1) is 8.20. The van der Waals surface area contributed by atoms with E-state index in [1.54, 1.807) is 4.90 Å². The highest BCUT2D eigenvalue weighted by atomic mass is 16.2. The molecule has 0 bridgehead atoms. The number of primary amides is 1. The minimum atomic E-state index is -0.389. The fourth-order valence-electron chi connectivity index (χ4n) is 2.75. The molecule has 2 aliphatic rings.